The summed E-state index contributed by atoms with van der Waals surface area (Å²) in [6.07, 6.45) is 9.45. The van der Waals surface area contributed by atoms with Crippen molar-refractivity contribution in [1.29, 1.82) is 0 Å². The minimum absolute atomic E-state index is 0.0695. The Kier molecular flexibility index (Phi) is 5.75. The van der Waals surface area contributed by atoms with E-state index in [0.717, 1.165) is 57.2 Å². The third-order valence-electron chi connectivity index (χ3n) is 6.09. The zero-order chi connectivity index (χ0) is 19.5. The van der Waals surface area contributed by atoms with Gasteiger partial charge in [-0.1, -0.05) is 6.42 Å². The summed E-state index contributed by atoms with van der Waals surface area (Å²) in [5.74, 6) is 2.35. The minimum atomic E-state index is 0.0695. The Balaban J connectivity index is 1.43. The molecular weight excluding hydrogens is 354 g/mol. The standard InChI is InChI=1S/C20H31N7O/c1-3-27-14-17(12-21-27)20(28)26-11-7-8-16(13-26)19-23-22-18(24(19)2)15-25-9-5-4-6-10-25/h12,14,16H,3-11,13,15H2,1-2H3. The highest BCUT2D eigenvalue weighted by Crippen LogP contribution is 2.27. The quantitative estimate of drug-likeness (QED) is 0.788. The van der Waals surface area contributed by atoms with Gasteiger partial charge in [0.15, 0.2) is 0 Å². The van der Waals surface area contributed by atoms with Gasteiger partial charge in [-0.05, 0) is 45.7 Å². The van der Waals surface area contributed by atoms with Crippen LogP contribution >= 0.6 is 0 Å². The van der Waals surface area contributed by atoms with Gasteiger partial charge >= 0.3 is 0 Å². The van der Waals surface area contributed by atoms with Crippen molar-refractivity contribution < 1.29 is 4.79 Å². The fourth-order valence-electron chi connectivity index (χ4n) is 4.39. The number of aryl methyl sites for hydroxylation is 1. The molecule has 0 aliphatic carbocycles. The molecule has 2 aliphatic rings. The molecule has 0 spiro atoms. The van der Waals surface area contributed by atoms with Crippen molar-refractivity contribution in [2.75, 3.05) is 26.2 Å². The largest absolute Gasteiger partial charge is 0.338 e. The number of aromatic nitrogens is 5. The Hall–Kier alpha value is -2.22. The fourth-order valence-corrected chi connectivity index (χ4v) is 4.39. The molecule has 28 heavy (non-hydrogen) atoms. The summed E-state index contributed by atoms with van der Waals surface area (Å²) in [4.78, 5) is 17.3. The number of rotatable bonds is 5. The third-order valence-corrected chi connectivity index (χ3v) is 6.09. The van der Waals surface area contributed by atoms with Crippen molar-refractivity contribution in [3.8, 4) is 0 Å². The maximum atomic E-state index is 12.9. The lowest BCUT2D eigenvalue weighted by atomic mass is 9.96. The van der Waals surface area contributed by atoms with E-state index in [2.05, 4.69) is 31.8 Å². The van der Waals surface area contributed by atoms with E-state index in [1.54, 1.807) is 10.9 Å². The number of hydrogen-bond donors (Lipinski definition) is 0. The Morgan fingerprint density at radius 1 is 1.14 bits per heavy atom. The van der Waals surface area contributed by atoms with Crippen molar-refractivity contribution in [2.24, 2.45) is 7.05 Å². The smallest absolute Gasteiger partial charge is 0.257 e. The first-order valence-electron chi connectivity index (χ1n) is 10.6. The van der Waals surface area contributed by atoms with Crippen LogP contribution in [0.2, 0.25) is 0 Å². The highest BCUT2D eigenvalue weighted by atomic mass is 16.2. The van der Waals surface area contributed by atoms with Gasteiger partial charge in [0, 0.05) is 38.8 Å². The Labute approximate surface area is 166 Å². The third kappa shape index (κ3) is 3.97. The molecule has 1 atom stereocenters. The first-order valence-corrected chi connectivity index (χ1v) is 10.6. The van der Waals surface area contributed by atoms with Crippen LogP contribution in [-0.2, 0) is 20.1 Å². The second-order valence-electron chi connectivity index (χ2n) is 8.05. The highest BCUT2D eigenvalue weighted by Gasteiger charge is 2.29. The molecule has 152 valence electrons. The van der Waals surface area contributed by atoms with Crippen LogP contribution in [0.4, 0.5) is 0 Å². The summed E-state index contributed by atoms with van der Waals surface area (Å²) in [7, 11) is 2.07. The molecule has 8 heteroatoms. The van der Waals surface area contributed by atoms with Gasteiger partial charge in [-0.2, -0.15) is 5.10 Å². The van der Waals surface area contributed by atoms with E-state index in [1.807, 2.05) is 18.0 Å². The summed E-state index contributed by atoms with van der Waals surface area (Å²) in [6, 6.07) is 0. The number of carbonyl (C=O) groups is 1. The minimum Gasteiger partial charge on any atom is -0.338 e. The molecule has 1 amide bonds. The highest BCUT2D eigenvalue weighted by molar-refractivity contribution is 5.93. The number of amides is 1. The van der Waals surface area contributed by atoms with Crippen molar-refractivity contribution >= 4 is 5.91 Å². The molecule has 0 radical (unpaired) electrons. The number of hydrogen-bond acceptors (Lipinski definition) is 5. The number of nitrogens with zero attached hydrogens (tertiary/aromatic N) is 7. The predicted octanol–water partition coefficient (Wildman–Crippen LogP) is 2.04. The molecule has 2 aromatic rings. The lowest BCUT2D eigenvalue weighted by Gasteiger charge is -2.32. The van der Waals surface area contributed by atoms with E-state index in [0.29, 0.717) is 12.1 Å². The van der Waals surface area contributed by atoms with Crippen LogP contribution in [0.3, 0.4) is 0 Å². The molecule has 2 saturated heterocycles. The van der Waals surface area contributed by atoms with Gasteiger partial charge in [0.25, 0.3) is 5.91 Å². The summed E-state index contributed by atoms with van der Waals surface area (Å²) in [5, 5.41) is 13.2. The zero-order valence-corrected chi connectivity index (χ0v) is 17.0. The molecule has 2 aromatic heterocycles. The van der Waals surface area contributed by atoms with Gasteiger partial charge in [-0.3, -0.25) is 14.4 Å². The summed E-state index contributed by atoms with van der Waals surface area (Å²) < 4.78 is 3.95. The van der Waals surface area contributed by atoms with Gasteiger partial charge in [-0.25, -0.2) is 0 Å². The average molecular weight is 386 g/mol. The number of likely N-dealkylation sites (tertiary alicyclic amines) is 2. The van der Waals surface area contributed by atoms with E-state index in [-0.39, 0.29) is 11.8 Å². The van der Waals surface area contributed by atoms with Crippen LogP contribution in [0.25, 0.3) is 0 Å². The van der Waals surface area contributed by atoms with Crippen LogP contribution in [0, 0.1) is 0 Å². The molecule has 2 aliphatic heterocycles. The zero-order valence-electron chi connectivity index (χ0n) is 17.0. The molecular formula is C20H31N7O. The predicted molar refractivity (Wildman–Crippen MR) is 106 cm³/mol. The lowest BCUT2D eigenvalue weighted by Crippen LogP contribution is -2.39. The molecule has 0 aromatic carbocycles. The van der Waals surface area contributed by atoms with Crippen molar-refractivity contribution in [3.05, 3.63) is 29.6 Å². The van der Waals surface area contributed by atoms with E-state index < -0.39 is 0 Å². The topological polar surface area (TPSA) is 72.1 Å². The molecule has 0 N–H and O–H groups in total. The average Bonchev–Trinajstić information content (AvgIpc) is 3.36. The maximum Gasteiger partial charge on any atom is 0.257 e. The fraction of sp³-hybridized carbons (Fsp3) is 0.700. The summed E-state index contributed by atoms with van der Waals surface area (Å²) >= 11 is 0. The second kappa shape index (κ2) is 8.43. The van der Waals surface area contributed by atoms with Crippen molar-refractivity contribution in [1.82, 2.24) is 34.3 Å². The molecule has 2 fully saturated rings. The van der Waals surface area contributed by atoms with Crippen LogP contribution in [-0.4, -0.2) is 66.4 Å². The normalized spacial score (nSPS) is 21.2. The Morgan fingerprint density at radius 2 is 1.96 bits per heavy atom. The van der Waals surface area contributed by atoms with Crippen molar-refractivity contribution in [3.63, 3.8) is 0 Å². The van der Waals surface area contributed by atoms with Crippen molar-refractivity contribution in [2.45, 2.75) is 58.0 Å². The number of piperidine rings is 2. The van der Waals surface area contributed by atoms with E-state index in [4.69, 9.17) is 0 Å². The van der Waals surface area contributed by atoms with Crippen LogP contribution in [0.15, 0.2) is 12.4 Å². The van der Waals surface area contributed by atoms with Gasteiger partial charge in [0.05, 0.1) is 18.3 Å². The van der Waals surface area contributed by atoms with Crippen LogP contribution in [0.5, 0.6) is 0 Å². The summed E-state index contributed by atoms with van der Waals surface area (Å²) in [6.45, 7) is 7.47. The summed E-state index contributed by atoms with van der Waals surface area (Å²) in [5.41, 5.74) is 0.672. The van der Waals surface area contributed by atoms with E-state index in [1.165, 1.54) is 19.3 Å². The van der Waals surface area contributed by atoms with Crippen LogP contribution in [0.1, 0.15) is 67.0 Å². The molecule has 4 rings (SSSR count). The Morgan fingerprint density at radius 3 is 2.71 bits per heavy atom. The van der Waals surface area contributed by atoms with Crippen LogP contribution < -0.4 is 0 Å². The second-order valence-corrected chi connectivity index (χ2v) is 8.05. The first kappa shape index (κ1) is 19.1. The van der Waals surface area contributed by atoms with E-state index >= 15 is 0 Å². The van der Waals surface area contributed by atoms with Gasteiger partial charge in [-0.15, -0.1) is 10.2 Å². The van der Waals surface area contributed by atoms with Gasteiger partial charge in [0.1, 0.15) is 11.6 Å². The van der Waals surface area contributed by atoms with Gasteiger partial charge < -0.3 is 9.47 Å². The van der Waals surface area contributed by atoms with Gasteiger partial charge in [0.2, 0.25) is 0 Å². The maximum absolute atomic E-state index is 12.9. The molecule has 1 unspecified atom stereocenters. The lowest BCUT2D eigenvalue weighted by molar-refractivity contribution is 0.0703. The Bertz CT molecular complexity index is 805. The molecule has 4 heterocycles. The van der Waals surface area contributed by atoms with E-state index in [9.17, 15) is 4.79 Å². The molecule has 8 nitrogen and oxygen atoms in total. The molecule has 0 saturated carbocycles. The SMILES string of the molecule is CCn1cc(C(=O)N2CCCC(c3nnc(CN4CCCCC4)n3C)C2)cn1. The number of carbonyl (C=O) groups excluding carboxylic acids is 1. The first-order chi connectivity index (χ1) is 13.7. The monoisotopic (exact) mass is 385 g/mol. The molecule has 0 bridgehead atoms.